The number of nitrogens with zero attached hydrogens (tertiary/aromatic N) is 7. The highest BCUT2D eigenvalue weighted by Gasteiger charge is 2.17. The van der Waals surface area contributed by atoms with Crippen molar-refractivity contribution in [1.82, 2.24) is 32.3 Å². The predicted octanol–water partition coefficient (Wildman–Crippen LogP) is 6.83. The van der Waals surface area contributed by atoms with E-state index in [1.807, 2.05) is 0 Å². The highest BCUT2D eigenvalue weighted by atomic mass is 28.3. The standard InChI is InChI=1S/C18H39N3O3Si3.C16H31N3O3Si2.C15H39NSi3/c1-25(2)13-7-10-19-16(22)20(11-8-14-26(3)4)18(24)21(17(19)23)12-9-15-27(5)6;1-6-9-17-14(20)18(10-7-12-23(2)3)16(22)19(15(17)21)11-8-13-24(4)5;1-17(2)13-7-10-16(11-8-14-18(3)4)12-9-15-19(5)6/h25-27H,7-15H2,1-6H3;6,23-24H,1,7-13H2,2-5H3;17-19H,7-15H2,1-6H3. The van der Waals surface area contributed by atoms with E-state index >= 15 is 0 Å². The van der Waals surface area contributed by atoms with E-state index in [1.54, 1.807) is 0 Å². The molecule has 0 aliphatic rings. The molecule has 0 spiro atoms. The largest absolute Gasteiger partial charge is 0.336 e. The minimum absolute atomic E-state index is 0.135. The van der Waals surface area contributed by atoms with Gasteiger partial charge in [0.05, 0.1) is 6.54 Å². The Labute approximate surface area is 439 Å². The van der Waals surface area contributed by atoms with E-state index < -0.39 is 78.1 Å². The van der Waals surface area contributed by atoms with Gasteiger partial charge in [-0.2, -0.15) is 0 Å². The maximum Gasteiger partial charge on any atom is 0.336 e. The van der Waals surface area contributed by atoms with Crippen LogP contribution in [-0.2, 0) is 39.3 Å². The summed E-state index contributed by atoms with van der Waals surface area (Å²) < 4.78 is 7.53. The SMILES string of the molecule is C=CCn1c(=O)n(CCC[SiH](C)C)c(=O)n(CCC[SiH](C)C)c1=O.C[SiH](C)CCCN(CCC[SiH](C)C)CCC[SiH](C)C.C[SiH](C)CCCn1c(=O)n(CCC[SiH](C)C)c(=O)n(CCC[SiH](C)C)c1=O. The fourth-order valence-electron chi connectivity index (χ4n) is 8.40. The van der Waals surface area contributed by atoms with Gasteiger partial charge in [0.25, 0.3) is 0 Å². The molecule has 0 bridgehead atoms. The zero-order chi connectivity index (χ0) is 53.5. The van der Waals surface area contributed by atoms with Gasteiger partial charge in [0.15, 0.2) is 0 Å². The number of aromatic nitrogens is 6. The molecule has 2 heterocycles. The van der Waals surface area contributed by atoms with E-state index in [0.717, 1.165) is 66.9 Å². The summed E-state index contributed by atoms with van der Waals surface area (Å²) in [7, 11) is -4.60. The normalized spacial score (nSPS) is 11.8. The molecule has 0 radical (unpaired) electrons. The van der Waals surface area contributed by atoms with Gasteiger partial charge >= 0.3 is 34.1 Å². The van der Waals surface area contributed by atoms with Crippen LogP contribution in [0.4, 0.5) is 0 Å². The molecule has 0 aromatic carbocycles. The van der Waals surface area contributed by atoms with E-state index in [9.17, 15) is 28.8 Å². The van der Waals surface area contributed by atoms with Crippen LogP contribution in [0.5, 0.6) is 0 Å². The molecule has 0 unspecified atom stereocenters. The van der Waals surface area contributed by atoms with Crippen molar-refractivity contribution >= 4 is 70.4 Å². The Hall–Kier alpha value is -1.74. The second kappa shape index (κ2) is 38.8. The van der Waals surface area contributed by atoms with Gasteiger partial charge in [0.2, 0.25) is 0 Å². The van der Waals surface area contributed by atoms with Crippen LogP contribution in [0.15, 0.2) is 41.4 Å². The summed E-state index contributed by atoms with van der Waals surface area (Å²) >= 11 is 0. The molecule has 13 nitrogen and oxygen atoms in total. The van der Waals surface area contributed by atoms with Crippen molar-refractivity contribution in [3.63, 3.8) is 0 Å². The van der Waals surface area contributed by atoms with E-state index in [4.69, 9.17) is 0 Å². The van der Waals surface area contributed by atoms with Crippen LogP contribution >= 0.6 is 0 Å². The van der Waals surface area contributed by atoms with Crippen LogP contribution in [0.25, 0.3) is 0 Å². The fraction of sp³-hybridized carbons (Fsp3) is 0.837. The molecule has 70 heavy (non-hydrogen) atoms. The topological polar surface area (TPSA) is 135 Å². The second-order valence-electron chi connectivity index (χ2n) is 23.5. The first-order chi connectivity index (χ1) is 32.8. The van der Waals surface area contributed by atoms with Crippen molar-refractivity contribution in [1.29, 1.82) is 0 Å². The summed E-state index contributed by atoms with van der Waals surface area (Å²) in [6.45, 7) is 47.5. The van der Waals surface area contributed by atoms with E-state index in [2.05, 4.69) is 116 Å². The minimum Gasteiger partial charge on any atom is -0.303 e. The lowest BCUT2D eigenvalue weighted by molar-refractivity contribution is 0.275. The van der Waals surface area contributed by atoms with Gasteiger partial charge in [0.1, 0.15) is 0 Å². The lowest BCUT2D eigenvalue weighted by Gasteiger charge is -2.23. The average Bonchev–Trinajstić information content (AvgIpc) is 3.25. The van der Waals surface area contributed by atoms with Crippen LogP contribution in [-0.4, -0.2) is 122 Å². The first-order valence-electron chi connectivity index (χ1n) is 28.1. The van der Waals surface area contributed by atoms with Crippen molar-refractivity contribution < 1.29 is 0 Å². The quantitative estimate of drug-likeness (QED) is 0.0554. The zero-order valence-electron chi connectivity index (χ0n) is 48.2. The monoisotopic (exact) mass is 1120 g/mol. The number of hydrogen-bond donors (Lipinski definition) is 0. The van der Waals surface area contributed by atoms with Gasteiger partial charge in [-0.15, -0.1) is 6.58 Å². The Morgan fingerprint density at radius 3 is 0.657 bits per heavy atom. The molecule has 0 atom stereocenters. The average molecular weight is 1120 g/mol. The molecular formula is C49H109N7O6Si8. The van der Waals surface area contributed by atoms with Crippen LogP contribution in [0.2, 0.25) is 153 Å². The van der Waals surface area contributed by atoms with Gasteiger partial charge in [-0.3, -0.25) is 0 Å². The maximum atomic E-state index is 12.8. The highest BCUT2D eigenvalue weighted by molar-refractivity contribution is 6.57. The van der Waals surface area contributed by atoms with Crippen molar-refractivity contribution in [2.75, 3.05) is 19.6 Å². The van der Waals surface area contributed by atoms with Crippen LogP contribution < -0.4 is 34.1 Å². The predicted molar refractivity (Wildman–Crippen MR) is 331 cm³/mol. The molecule has 2 rings (SSSR count). The molecule has 0 aliphatic carbocycles. The molecule has 0 amide bonds. The van der Waals surface area contributed by atoms with Crippen LogP contribution in [0.1, 0.15) is 51.4 Å². The Bertz CT molecular complexity index is 1880. The van der Waals surface area contributed by atoms with Gasteiger partial charge in [-0.25, -0.2) is 56.2 Å². The number of rotatable bonds is 34. The van der Waals surface area contributed by atoms with E-state index in [-0.39, 0.29) is 32.9 Å². The van der Waals surface area contributed by atoms with Crippen molar-refractivity contribution in [2.45, 2.75) is 244 Å². The van der Waals surface area contributed by atoms with Crippen LogP contribution in [0.3, 0.4) is 0 Å². The van der Waals surface area contributed by atoms with Gasteiger partial charge < -0.3 is 4.90 Å². The Morgan fingerprint density at radius 1 is 0.314 bits per heavy atom. The third kappa shape index (κ3) is 29.8. The maximum absolute atomic E-state index is 12.8. The summed E-state index contributed by atoms with van der Waals surface area (Å²) in [4.78, 5) is 78.9. The molecule has 0 fully saturated rings. The number of allylic oxidation sites excluding steroid dienone is 1. The summed E-state index contributed by atoms with van der Waals surface area (Å²) in [5.74, 6) is 0. The molecule has 0 aliphatic heterocycles. The molecular weight excluding hydrogens is 1010 g/mol. The second-order valence-corrected chi connectivity index (χ2v) is 50.4. The Balaban J connectivity index is 0.00000104. The number of hydrogen-bond acceptors (Lipinski definition) is 7. The first kappa shape index (κ1) is 68.3. The molecule has 21 heteroatoms. The fourth-order valence-corrected chi connectivity index (χ4v) is 16.4. The third-order valence-electron chi connectivity index (χ3n) is 12.7. The van der Waals surface area contributed by atoms with Crippen LogP contribution in [0, 0.1) is 0 Å². The highest BCUT2D eigenvalue weighted by Crippen LogP contribution is 2.08. The van der Waals surface area contributed by atoms with Gasteiger partial charge in [0, 0.05) is 103 Å². The molecule has 2 aromatic rings. The Morgan fingerprint density at radius 2 is 0.486 bits per heavy atom. The molecule has 0 saturated carbocycles. The third-order valence-corrected chi connectivity index (χ3v) is 25.2. The van der Waals surface area contributed by atoms with E-state index in [1.165, 1.54) is 85.9 Å². The summed E-state index contributed by atoms with van der Waals surface area (Å²) in [6, 6.07) is 10.1. The van der Waals surface area contributed by atoms with E-state index in [0.29, 0.717) is 32.7 Å². The minimum atomic E-state index is -0.725. The molecule has 2 aromatic heterocycles. The van der Waals surface area contributed by atoms with Gasteiger partial charge in [-0.1, -0.05) is 159 Å². The summed E-state index contributed by atoms with van der Waals surface area (Å²) in [5, 5.41) is 0. The van der Waals surface area contributed by atoms with Gasteiger partial charge in [-0.05, 0) is 71.0 Å². The Kier molecular flexibility index (Phi) is 37.8. The lowest BCUT2D eigenvalue weighted by Crippen LogP contribution is -2.54. The first-order valence-corrected chi connectivity index (χ1v) is 53.1. The van der Waals surface area contributed by atoms with Crippen molar-refractivity contribution in [3.05, 3.63) is 75.6 Å². The molecule has 408 valence electrons. The molecule has 0 N–H and O–H groups in total. The van der Waals surface area contributed by atoms with Crippen molar-refractivity contribution in [3.8, 4) is 0 Å². The van der Waals surface area contributed by atoms with Crippen molar-refractivity contribution in [2.24, 2.45) is 0 Å². The zero-order valence-corrected chi connectivity index (χ0v) is 57.4. The lowest BCUT2D eigenvalue weighted by atomic mass is 10.3. The summed E-state index contributed by atoms with van der Waals surface area (Å²) in [5.41, 5.74) is -2.70. The summed E-state index contributed by atoms with van der Waals surface area (Å²) in [6.07, 6.45) is 10.0. The smallest absolute Gasteiger partial charge is 0.303 e. The molecule has 0 saturated heterocycles.